The van der Waals surface area contributed by atoms with Gasteiger partial charge in [-0.15, -0.1) is 0 Å². The van der Waals surface area contributed by atoms with E-state index in [4.69, 9.17) is 11.5 Å². The third kappa shape index (κ3) is 2.29. The molecule has 3 nitrogen and oxygen atoms in total. The molecule has 1 unspecified atom stereocenters. The largest absolute Gasteiger partial charge is 0.366 e. The maximum atomic E-state index is 10.8. The summed E-state index contributed by atoms with van der Waals surface area (Å²) in [4.78, 5) is 10.8. The van der Waals surface area contributed by atoms with Gasteiger partial charge in [0.05, 0.1) is 0 Å². The predicted octanol–water partition coefficient (Wildman–Crippen LogP) is 1.20. The van der Waals surface area contributed by atoms with Crippen LogP contribution in [0.4, 0.5) is 0 Å². The first-order chi connectivity index (χ1) is 6.15. The number of rotatable bonds is 3. The Morgan fingerprint density at radius 3 is 2.77 bits per heavy atom. The van der Waals surface area contributed by atoms with E-state index < -0.39 is 5.91 Å². The van der Waals surface area contributed by atoms with Gasteiger partial charge in [-0.1, -0.05) is 19.1 Å². The van der Waals surface area contributed by atoms with Crippen LogP contribution in [0.2, 0.25) is 0 Å². The Labute approximate surface area is 77.7 Å². The fourth-order valence-electron chi connectivity index (χ4n) is 1.16. The molecule has 0 saturated carbocycles. The van der Waals surface area contributed by atoms with Crippen LogP contribution in [0, 0.1) is 0 Å². The SMILES string of the molecule is CCC(N)c1cccc(C(N)=O)c1. The summed E-state index contributed by atoms with van der Waals surface area (Å²) in [5.41, 5.74) is 12.4. The molecule has 0 fully saturated rings. The molecule has 0 aliphatic heterocycles. The third-order valence-electron chi connectivity index (χ3n) is 2.04. The van der Waals surface area contributed by atoms with Gasteiger partial charge in [-0.2, -0.15) is 0 Å². The van der Waals surface area contributed by atoms with Crippen molar-refractivity contribution in [2.45, 2.75) is 19.4 Å². The molecule has 0 aromatic heterocycles. The lowest BCUT2D eigenvalue weighted by Gasteiger charge is -2.09. The Balaban J connectivity index is 2.98. The minimum absolute atomic E-state index is 0.0145. The van der Waals surface area contributed by atoms with Crippen LogP contribution in [-0.4, -0.2) is 5.91 Å². The average Bonchev–Trinajstić information content (AvgIpc) is 2.17. The van der Waals surface area contributed by atoms with Crippen LogP contribution in [-0.2, 0) is 0 Å². The molecule has 0 radical (unpaired) electrons. The lowest BCUT2D eigenvalue weighted by molar-refractivity contribution is 0.1000. The van der Waals surface area contributed by atoms with Crippen LogP contribution in [0.3, 0.4) is 0 Å². The van der Waals surface area contributed by atoms with Crippen LogP contribution >= 0.6 is 0 Å². The second-order valence-electron chi connectivity index (χ2n) is 3.00. The van der Waals surface area contributed by atoms with Crippen molar-refractivity contribution in [3.63, 3.8) is 0 Å². The Bertz CT molecular complexity index is 310. The molecule has 0 saturated heterocycles. The summed E-state index contributed by atoms with van der Waals surface area (Å²) in [6.45, 7) is 2.00. The summed E-state index contributed by atoms with van der Waals surface area (Å²) in [5.74, 6) is -0.412. The van der Waals surface area contributed by atoms with Gasteiger partial charge in [0.25, 0.3) is 0 Å². The van der Waals surface area contributed by atoms with Gasteiger partial charge in [0.15, 0.2) is 0 Å². The third-order valence-corrected chi connectivity index (χ3v) is 2.04. The molecule has 0 spiro atoms. The molecule has 0 aliphatic rings. The second kappa shape index (κ2) is 4.05. The lowest BCUT2D eigenvalue weighted by atomic mass is 10.0. The molecule has 3 heteroatoms. The number of carbonyl (C=O) groups is 1. The van der Waals surface area contributed by atoms with Gasteiger partial charge in [-0.05, 0) is 24.1 Å². The number of primary amides is 1. The summed E-state index contributed by atoms with van der Waals surface area (Å²) >= 11 is 0. The van der Waals surface area contributed by atoms with Crippen molar-refractivity contribution in [1.29, 1.82) is 0 Å². The maximum absolute atomic E-state index is 10.8. The molecule has 13 heavy (non-hydrogen) atoms. The number of hydrogen-bond acceptors (Lipinski definition) is 2. The van der Waals surface area contributed by atoms with Gasteiger partial charge < -0.3 is 11.5 Å². The Hall–Kier alpha value is -1.35. The zero-order chi connectivity index (χ0) is 9.84. The summed E-state index contributed by atoms with van der Waals surface area (Å²) in [6, 6.07) is 7.12. The molecule has 1 amide bonds. The van der Waals surface area contributed by atoms with Crippen LogP contribution < -0.4 is 11.5 Å². The first-order valence-corrected chi connectivity index (χ1v) is 4.30. The quantitative estimate of drug-likeness (QED) is 0.730. The number of carbonyl (C=O) groups excluding carboxylic acids is 1. The van der Waals surface area contributed by atoms with Crippen molar-refractivity contribution in [1.82, 2.24) is 0 Å². The molecule has 0 heterocycles. The Morgan fingerprint density at radius 1 is 1.54 bits per heavy atom. The predicted molar refractivity (Wildman–Crippen MR) is 52.2 cm³/mol. The van der Waals surface area contributed by atoms with Crippen molar-refractivity contribution < 1.29 is 4.79 Å². The van der Waals surface area contributed by atoms with Gasteiger partial charge >= 0.3 is 0 Å². The Morgan fingerprint density at radius 2 is 2.23 bits per heavy atom. The van der Waals surface area contributed by atoms with Gasteiger partial charge in [-0.3, -0.25) is 4.79 Å². The molecule has 1 aromatic carbocycles. The molecule has 70 valence electrons. The fraction of sp³-hybridized carbons (Fsp3) is 0.300. The van der Waals surface area contributed by atoms with E-state index in [-0.39, 0.29) is 6.04 Å². The molecule has 0 bridgehead atoms. The smallest absolute Gasteiger partial charge is 0.248 e. The van der Waals surface area contributed by atoms with E-state index in [2.05, 4.69) is 0 Å². The van der Waals surface area contributed by atoms with Crippen LogP contribution in [0.15, 0.2) is 24.3 Å². The Kier molecular flexibility index (Phi) is 3.03. The van der Waals surface area contributed by atoms with Crippen molar-refractivity contribution in [2.75, 3.05) is 0 Å². The van der Waals surface area contributed by atoms with Crippen molar-refractivity contribution in [3.05, 3.63) is 35.4 Å². The second-order valence-corrected chi connectivity index (χ2v) is 3.00. The van der Waals surface area contributed by atoms with Crippen LogP contribution in [0.25, 0.3) is 0 Å². The van der Waals surface area contributed by atoms with E-state index >= 15 is 0 Å². The molecule has 1 rings (SSSR count). The highest BCUT2D eigenvalue weighted by molar-refractivity contribution is 5.92. The summed E-state index contributed by atoms with van der Waals surface area (Å²) in [6.07, 6.45) is 0.849. The summed E-state index contributed by atoms with van der Waals surface area (Å²) in [7, 11) is 0. The van der Waals surface area contributed by atoms with E-state index in [1.807, 2.05) is 13.0 Å². The highest BCUT2D eigenvalue weighted by atomic mass is 16.1. The molecule has 1 atom stereocenters. The first kappa shape index (κ1) is 9.74. The highest BCUT2D eigenvalue weighted by Crippen LogP contribution is 2.14. The topological polar surface area (TPSA) is 69.1 Å². The van der Waals surface area contributed by atoms with Crippen molar-refractivity contribution in [3.8, 4) is 0 Å². The van der Waals surface area contributed by atoms with Crippen molar-refractivity contribution in [2.24, 2.45) is 11.5 Å². The molecular formula is C10H14N2O. The molecular weight excluding hydrogens is 164 g/mol. The van der Waals surface area contributed by atoms with E-state index in [0.717, 1.165) is 12.0 Å². The van der Waals surface area contributed by atoms with E-state index in [1.54, 1.807) is 18.2 Å². The summed E-state index contributed by atoms with van der Waals surface area (Å²) in [5, 5.41) is 0. The van der Waals surface area contributed by atoms with E-state index in [1.165, 1.54) is 0 Å². The average molecular weight is 178 g/mol. The zero-order valence-corrected chi connectivity index (χ0v) is 7.66. The number of nitrogens with two attached hydrogens (primary N) is 2. The van der Waals surface area contributed by atoms with Crippen LogP contribution in [0.5, 0.6) is 0 Å². The highest BCUT2D eigenvalue weighted by Gasteiger charge is 2.05. The zero-order valence-electron chi connectivity index (χ0n) is 7.66. The lowest BCUT2D eigenvalue weighted by Crippen LogP contribution is -2.13. The minimum Gasteiger partial charge on any atom is -0.366 e. The fourth-order valence-corrected chi connectivity index (χ4v) is 1.16. The molecule has 4 N–H and O–H groups in total. The normalized spacial score (nSPS) is 12.5. The van der Waals surface area contributed by atoms with Gasteiger partial charge in [0.2, 0.25) is 5.91 Å². The summed E-state index contributed by atoms with van der Waals surface area (Å²) < 4.78 is 0. The monoisotopic (exact) mass is 178 g/mol. The number of hydrogen-bond donors (Lipinski definition) is 2. The van der Waals surface area contributed by atoms with Gasteiger partial charge in [0, 0.05) is 11.6 Å². The van der Waals surface area contributed by atoms with Crippen LogP contribution in [0.1, 0.15) is 35.3 Å². The van der Waals surface area contributed by atoms with E-state index in [0.29, 0.717) is 5.56 Å². The standard InChI is InChI=1S/C10H14N2O/c1-2-9(11)7-4-3-5-8(6-7)10(12)13/h3-6,9H,2,11H2,1H3,(H2,12,13). The molecule has 0 aliphatic carbocycles. The van der Waals surface area contributed by atoms with Gasteiger partial charge in [-0.25, -0.2) is 0 Å². The van der Waals surface area contributed by atoms with Crippen molar-refractivity contribution >= 4 is 5.91 Å². The number of amides is 1. The van der Waals surface area contributed by atoms with Gasteiger partial charge in [0.1, 0.15) is 0 Å². The maximum Gasteiger partial charge on any atom is 0.248 e. The number of benzene rings is 1. The van der Waals surface area contributed by atoms with E-state index in [9.17, 15) is 4.79 Å². The minimum atomic E-state index is -0.412. The molecule has 1 aromatic rings. The first-order valence-electron chi connectivity index (χ1n) is 4.30.